The van der Waals surface area contributed by atoms with E-state index in [-0.39, 0.29) is 5.56 Å². The highest BCUT2D eigenvalue weighted by molar-refractivity contribution is 5.84. The lowest BCUT2D eigenvalue weighted by molar-refractivity contribution is 0.862. The normalized spacial score (nSPS) is 11.1. The molecule has 5 rings (SSSR count). The van der Waals surface area contributed by atoms with Crippen LogP contribution in [0.3, 0.4) is 0 Å². The zero-order valence-electron chi connectivity index (χ0n) is 16.5. The lowest BCUT2D eigenvalue weighted by atomic mass is 10.1. The van der Waals surface area contributed by atoms with Gasteiger partial charge < -0.3 is 4.57 Å². The molecule has 5 aromatic rings. The molecule has 1 N–H and O–H groups in total. The summed E-state index contributed by atoms with van der Waals surface area (Å²) in [5.41, 5.74) is 7.47. The Kier molecular flexibility index (Phi) is 4.21. The van der Waals surface area contributed by atoms with Gasteiger partial charge in [-0.25, -0.2) is 4.98 Å². The van der Waals surface area contributed by atoms with Crippen molar-refractivity contribution < 1.29 is 0 Å². The number of rotatable bonds is 3. The molecular weight excluding hydrogens is 376 g/mol. The van der Waals surface area contributed by atoms with E-state index in [2.05, 4.69) is 20.2 Å². The molecule has 5 aromatic heterocycles. The molecule has 0 unspecified atom stereocenters. The maximum absolute atomic E-state index is 11.7. The molecule has 146 valence electrons. The summed E-state index contributed by atoms with van der Waals surface area (Å²) in [7, 11) is 1.73. The van der Waals surface area contributed by atoms with E-state index < -0.39 is 0 Å². The van der Waals surface area contributed by atoms with Crippen LogP contribution < -0.4 is 5.56 Å². The molecule has 0 amide bonds. The van der Waals surface area contributed by atoms with Gasteiger partial charge in [0.05, 0.1) is 22.4 Å². The minimum absolute atomic E-state index is 0.0508. The van der Waals surface area contributed by atoms with Crippen LogP contribution in [0, 0.1) is 6.92 Å². The third-order valence-corrected chi connectivity index (χ3v) is 5.00. The summed E-state index contributed by atoms with van der Waals surface area (Å²) < 4.78 is 1.55. The van der Waals surface area contributed by atoms with Crippen molar-refractivity contribution in [1.29, 1.82) is 0 Å². The second-order valence-electron chi connectivity index (χ2n) is 7.14. The van der Waals surface area contributed by atoms with Crippen LogP contribution in [0.2, 0.25) is 0 Å². The summed E-state index contributed by atoms with van der Waals surface area (Å²) in [6.07, 6.45) is 5.42. The second kappa shape index (κ2) is 7.04. The SMILES string of the molecule is Cc1cccc(-c2n[nH]cc2-c2ccc3ncc(-c4ccc(=O)n(C)c4)cc3n2)n1. The van der Waals surface area contributed by atoms with Crippen LogP contribution in [0.5, 0.6) is 0 Å². The minimum Gasteiger partial charge on any atom is -0.318 e. The van der Waals surface area contributed by atoms with Gasteiger partial charge in [-0.05, 0) is 48.9 Å². The van der Waals surface area contributed by atoms with Crippen LogP contribution in [-0.2, 0) is 7.05 Å². The topological polar surface area (TPSA) is 89.4 Å². The minimum atomic E-state index is -0.0508. The van der Waals surface area contributed by atoms with E-state index in [1.54, 1.807) is 36.1 Å². The molecule has 0 fully saturated rings. The van der Waals surface area contributed by atoms with Gasteiger partial charge in [0.2, 0.25) is 5.56 Å². The Balaban J connectivity index is 1.61. The van der Waals surface area contributed by atoms with Crippen molar-refractivity contribution in [2.75, 3.05) is 0 Å². The van der Waals surface area contributed by atoms with Gasteiger partial charge in [0.25, 0.3) is 0 Å². The summed E-state index contributed by atoms with van der Waals surface area (Å²) in [6.45, 7) is 1.96. The van der Waals surface area contributed by atoms with Crippen molar-refractivity contribution in [2.45, 2.75) is 6.92 Å². The number of aromatic nitrogens is 6. The largest absolute Gasteiger partial charge is 0.318 e. The fourth-order valence-electron chi connectivity index (χ4n) is 3.43. The number of nitrogens with zero attached hydrogens (tertiary/aromatic N) is 5. The van der Waals surface area contributed by atoms with Gasteiger partial charge in [0.15, 0.2) is 0 Å². The Morgan fingerprint density at radius 2 is 1.83 bits per heavy atom. The van der Waals surface area contributed by atoms with Gasteiger partial charge in [-0.2, -0.15) is 5.10 Å². The van der Waals surface area contributed by atoms with E-state index in [1.165, 1.54) is 0 Å². The molecule has 7 heteroatoms. The van der Waals surface area contributed by atoms with Crippen LogP contribution in [0.25, 0.3) is 44.8 Å². The average molecular weight is 394 g/mol. The number of hydrogen-bond acceptors (Lipinski definition) is 5. The summed E-state index contributed by atoms with van der Waals surface area (Å²) >= 11 is 0. The van der Waals surface area contributed by atoms with E-state index in [0.29, 0.717) is 0 Å². The van der Waals surface area contributed by atoms with E-state index in [1.807, 2.05) is 49.5 Å². The molecule has 0 bridgehead atoms. The zero-order chi connectivity index (χ0) is 20.7. The van der Waals surface area contributed by atoms with Crippen molar-refractivity contribution >= 4 is 11.0 Å². The molecule has 0 spiro atoms. The Labute approximate surface area is 172 Å². The molecule has 5 heterocycles. The Morgan fingerprint density at radius 3 is 2.67 bits per heavy atom. The van der Waals surface area contributed by atoms with Crippen LogP contribution in [0.15, 0.2) is 71.9 Å². The van der Waals surface area contributed by atoms with Crippen molar-refractivity contribution in [3.63, 3.8) is 0 Å². The fourth-order valence-corrected chi connectivity index (χ4v) is 3.43. The maximum Gasteiger partial charge on any atom is 0.250 e. The van der Waals surface area contributed by atoms with E-state index in [4.69, 9.17) is 4.98 Å². The third kappa shape index (κ3) is 3.16. The van der Waals surface area contributed by atoms with Crippen LogP contribution >= 0.6 is 0 Å². The van der Waals surface area contributed by atoms with Crippen molar-refractivity contribution in [3.8, 4) is 33.8 Å². The second-order valence-corrected chi connectivity index (χ2v) is 7.14. The predicted octanol–water partition coefficient (Wildman–Crippen LogP) is 3.76. The Bertz CT molecular complexity index is 1450. The fraction of sp³-hybridized carbons (Fsp3) is 0.0870. The highest BCUT2D eigenvalue weighted by Gasteiger charge is 2.14. The van der Waals surface area contributed by atoms with E-state index >= 15 is 0 Å². The highest BCUT2D eigenvalue weighted by Crippen LogP contribution is 2.29. The molecule has 0 aliphatic rings. The number of pyridine rings is 4. The molecule has 0 atom stereocenters. The van der Waals surface area contributed by atoms with Crippen LogP contribution in [0.4, 0.5) is 0 Å². The highest BCUT2D eigenvalue weighted by atomic mass is 16.1. The van der Waals surface area contributed by atoms with Crippen molar-refractivity contribution in [3.05, 3.63) is 83.2 Å². The number of fused-ring (bicyclic) bond motifs is 1. The molecule has 0 aliphatic heterocycles. The number of H-pyrrole nitrogens is 1. The van der Waals surface area contributed by atoms with Crippen molar-refractivity contribution in [2.24, 2.45) is 7.05 Å². The number of aryl methyl sites for hydroxylation is 2. The zero-order valence-corrected chi connectivity index (χ0v) is 16.5. The Morgan fingerprint density at radius 1 is 0.933 bits per heavy atom. The standard InChI is InChI=1S/C23H18N6O/c1-14-4-3-5-20(26-14)23-17(12-25-28-23)18-7-8-19-21(27-18)10-16(11-24-19)15-6-9-22(30)29(2)13-15/h3-13H,1-2H3,(H,25,28). The molecule has 0 saturated heterocycles. The van der Waals surface area contributed by atoms with Gasteiger partial charge in [-0.1, -0.05) is 6.07 Å². The lowest BCUT2D eigenvalue weighted by Gasteiger charge is -2.07. The first kappa shape index (κ1) is 17.9. The first-order valence-corrected chi connectivity index (χ1v) is 9.50. The Hall–Kier alpha value is -4.13. The van der Waals surface area contributed by atoms with Gasteiger partial charge in [-0.3, -0.25) is 19.9 Å². The van der Waals surface area contributed by atoms with Crippen LogP contribution in [0.1, 0.15) is 5.69 Å². The molecule has 7 nitrogen and oxygen atoms in total. The van der Waals surface area contributed by atoms with Gasteiger partial charge >= 0.3 is 0 Å². The van der Waals surface area contributed by atoms with Gasteiger partial charge in [-0.15, -0.1) is 0 Å². The molecular formula is C23H18N6O. The summed E-state index contributed by atoms with van der Waals surface area (Å²) in [6, 6.07) is 15.1. The number of nitrogens with one attached hydrogen (secondary N) is 1. The van der Waals surface area contributed by atoms with Gasteiger partial charge in [0, 0.05) is 48.5 Å². The first-order chi connectivity index (χ1) is 14.6. The summed E-state index contributed by atoms with van der Waals surface area (Å²) in [5.74, 6) is 0. The predicted molar refractivity (Wildman–Crippen MR) is 116 cm³/mol. The lowest BCUT2D eigenvalue weighted by Crippen LogP contribution is -2.13. The maximum atomic E-state index is 11.7. The van der Waals surface area contributed by atoms with Crippen LogP contribution in [-0.4, -0.2) is 29.7 Å². The van der Waals surface area contributed by atoms with Crippen molar-refractivity contribution in [1.82, 2.24) is 29.7 Å². The monoisotopic (exact) mass is 394 g/mol. The molecule has 30 heavy (non-hydrogen) atoms. The average Bonchev–Trinajstić information content (AvgIpc) is 3.25. The molecule has 0 saturated carbocycles. The number of aromatic amines is 1. The van der Waals surface area contributed by atoms with Gasteiger partial charge in [0.1, 0.15) is 5.69 Å². The molecule has 0 radical (unpaired) electrons. The first-order valence-electron chi connectivity index (χ1n) is 9.50. The smallest absolute Gasteiger partial charge is 0.250 e. The number of hydrogen-bond donors (Lipinski definition) is 1. The van der Waals surface area contributed by atoms with E-state index in [9.17, 15) is 4.79 Å². The third-order valence-electron chi connectivity index (χ3n) is 5.00. The van der Waals surface area contributed by atoms with E-state index in [0.717, 1.165) is 50.5 Å². The summed E-state index contributed by atoms with van der Waals surface area (Å²) in [4.78, 5) is 25.6. The molecule has 0 aliphatic carbocycles. The molecule has 0 aromatic carbocycles. The summed E-state index contributed by atoms with van der Waals surface area (Å²) in [5, 5.41) is 7.33. The quantitative estimate of drug-likeness (QED) is 0.503.